The maximum Gasteiger partial charge on any atom is 0.416 e. The van der Waals surface area contributed by atoms with Crippen LogP contribution in [0.25, 0.3) is 0 Å². The van der Waals surface area contributed by atoms with Gasteiger partial charge in [0.25, 0.3) is 0 Å². The highest BCUT2D eigenvalue weighted by molar-refractivity contribution is 5.85. The molecule has 2 nitrogen and oxygen atoms in total. The van der Waals surface area contributed by atoms with Crippen molar-refractivity contribution in [2.45, 2.75) is 37.8 Å². The highest BCUT2D eigenvalue weighted by Gasteiger charge is 2.30. The maximum absolute atomic E-state index is 12.6. The van der Waals surface area contributed by atoms with Crippen molar-refractivity contribution in [2.24, 2.45) is 5.92 Å². The monoisotopic (exact) mass is 362 g/mol. The van der Waals surface area contributed by atoms with E-state index in [1.54, 1.807) is 12.1 Å². The number of benzene rings is 1. The maximum atomic E-state index is 12.6. The molecule has 3 rings (SSSR count). The van der Waals surface area contributed by atoms with Crippen molar-refractivity contribution >= 4 is 12.4 Å². The standard InChI is InChI=1S/C18H25F3N2.ClH/c19-18(20,21)17-3-1-15(2-4-17)16-7-11-23(12-8-16)13-14-5-9-22-10-6-14;/h1-4,14,16,22H,5-13H2;1H. The van der Waals surface area contributed by atoms with Crippen LogP contribution in [0.5, 0.6) is 0 Å². The first-order valence-corrected chi connectivity index (χ1v) is 8.62. The third kappa shape index (κ3) is 5.11. The highest BCUT2D eigenvalue weighted by atomic mass is 35.5. The Bertz CT molecular complexity index is 490. The summed E-state index contributed by atoms with van der Waals surface area (Å²) >= 11 is 0. The Morgan fingerprint density at radius 1 is 0.958 bits per heavy atom. The molecule has 0 bridgehead atoms. The molecule has 0 spiro atoms. The average molecular weight is 363 g/mol. The summed E-state index contributed by atoms with van der Waals surface area (Å²) in [4.78, 5) is 2.54. The molecule has 2 fully saturated rings. The summed E-state index contributed by atoms with van der Waals surface area (Å²) in [5.74, 6) is 1.21. The Balaban J connectivity index is 0.00000208. The molecule has 136 valence electrons. The lowest BCUT2D eigenvalue weighted by atomic mass is 9.88. The molecule has 24 heavy (non-hydrogen) atoms. The van der Waals surface area contributed by atoms with Gasteiger partial charge < -0.3 is 10.2 Å². The van der Waals surface area contributed by atoms with Crippen LogP contribution in [-0.2, 0) is 6.18 Å². The zero-order chi connectivity index (χ0) is 16.3. The van der Waals surface area contributed by atoms with Crippen molar-refractivity contribution in [1.29, 1.82) is 0 Å². The Labute approximate surface area is 148 Å². The van der Waals surface area contributed by atoms with Crippen LogP contribution in [0.1, 0.15) is 42.7 Å². The van der Waals surface area contributed by atoms with E-state index in [-0.39, 0.29) is 12.4 Å². The Hall–Kier alpha value is -0.780. The lowest BCUT2D eigenvalue weighted by Gasteiger charge is -2.35. The molecule has 0 radical (unpaired) electrons. The van der Waals surface area contributed by atoms with Crippen molar-refractivity contribution in [3.05, 3.63) is 35.4 Å². The van der Waals surface area contributed by atoms with E-state index in [0.717, 1.165) is 50.5 Å². The fraction of sp³-hybridized carbons (Fsp3) is 0.667. The second kappa shape index (κ2) is 8.54. The highest BCUT2D eigenvalue weighted by Crippen LogP contribution is 2.33. The molecule has 2 saturated heterocycles. The predicted octanol–water partition coefficient (Wildman–Crippen LogP) is 4.31. The smallest absolute Gasteiger partial charge is 0.317 e. The number of piperidine rings is 2. The first-order valence-electron chi connectivity index (χ1n) is 8.62. The number of likely N-dealkylation sites (tertiary alicyclic amines) is 1. The second-order valence-electron chi connectivity index (χ2n) is 6.89. The van der Waals surface area contributed by atoms with E-state index in [9.17, 15) is 13.2 Å². The molecule has 2 aliphatic heterocycles. The van der Waals surface area contributed by atoms with E-state index in [0.29, 0.717) is 5.92 Å². The Kier molecular flexibility index (Phi) is 6.96. The van der Waals surface area contributed by atoms with Gasteiger partial charge in [-0.15, -0.1) is 12.4 Å². The van der Waals surface area contributed by atoms with E-state index < -0.39 is 11.7 Å². The molecule has 1 aromatic rings. The minimum Gasteiger partial charge on any atom is -0.317 e. The van der Waals surface area contributed by atoms with Gasteiger partial charge in [0, 0.05) is 6.54 Å². The van der Waals surface area contributed by atoms with E-state index in [2.05, 4.69) is 10.2 Å². The van der Waals surface area contributed by atoms with Crippen LogP contribution in [0.15, 0.2) is 24.3 Å². The lowest BCUT2D eigenvalue weighted by Crippen LogP contribution is -2.39. The zero-order valence-corrected chi connectivity index (χ0v) is 14.6. The van der Waals surface area contributed by atoms with Crippen LogP contribution in [-0.4, -0.2) is 37.6 Å². The number of rotatable bonds is 3. The minimum absolute atomic E-state index is 0. The van der Waals surface area contributed by atoms with Gasteiger partial charge >= 0.3 is 6.18 Å². The number of hydrogen-bond acceptors (Lipinski definition) is 2. The van der Waals surface area contributed by atoms with Gasteiger partial charge in [0.05, 0.1) is 5.56 Å². The van der Waals surface area contributed by atoms with Crippen molar-refractivity contribution < 1.29 is 13.2 Å². The largest absolute Gasteiger partial charge is 0.416 e. The van der Waals surface area contributed by atoms with Gasteiger partial charge in [-0.25, -0.2) is 0 Å². The molecule has 0 unspecified atom stereocenters. The Morgan fingerprint density at radius 3 is 2.08 bits per heavy atom. The quantitative estimate of drug-likeness (QED) is 0.862. The van der Waals surface area contributed by atoms with Crippen molar-refractivity contribution in [1.82, 2.24) is 10.2 Å². The molecule has 1 N–H and O–H groups in total. The summed E-state index contributed by atoms with van der Waals surface area (Å²) in [6, 6.07) is 5.76. The number of nitrogens with zero attached hydrogens (tertiary/aromatic N) is 1. The third-order valence-electron chi connectivity index (χ3n) is 5.27. The SMILES string of the molecule is Cl.FC(F)(F)c1ccc(C2CCN(CC3CCNCC3)CC2)cc1. The lowest BCUT2D eigenvalue weighted by molar-refractivity contribution is -0.137. The second-order valence-corrected chi connectivity index (χ2v) is 6.89. The fourth-order valence-electron chi connectivity index (χ4n) is 3.82. The molecule has 0 saturated carbocycles. The molecular formula is C18H26ClF3N2. The van der Waals surface area contributed by atoms with Gasteiger partial charge in [-0.05, 0) is 81.4 Å². The molecule has 2 aliphatic rings. The van der Waals surface area contributed by atoms with Crippen molar-refractivity contribution in [2.75, 3.05) is 32.7 Å². The molecule has 2 heterocycles. The molecule has 6 heteroatoms. The molecule has 0 atom stereocenters. The first-order chi connectivity index (χ1) is 11.0. The van der Waals surface area contributed by atoms with Crippen LogP contribution < -0.4 is 5.32 Å². The summed E-state index contributed by atoms with van der Waals surface area (Å²) in [6.45, 7) is 5.58. The number of alkyl halides is 3. The summed E-state index contributed by atoms with van der Waals surface area (Å²) in [5.41, 5.74) is 0.504. The minimum atomic E-state index is -4.24. The summed E-state index contributed by atoms with van der Waals surface area (Å²) in [5, 5.41) is 3.40. The molecule has 1 aromatic carbocycles. The molecule has 0 aliphatic carbocycles. The Morgan fingerprint density at radius 2 is 1.54 bits per heavy atom. The zero-order valence-electron chi connectivity index (χ0n) is 13.8. The van der Waals surface area contributed by atoms with Gasteiger partial charge in [0.2, 0.25) is 0 Å². The van der Waals surface area contributed by atoms with Gasteiger partial charge in [-0.2, -0.15) is 13.2 Å². The predicted molar refractivity (Wildman–Crippen MR) is 92.7 cm³/mol. The molecular weight excluding hydrogens is 337 g/mol. The van der Waals surface area contributed by atoms with Crippen LogP contribution in [0.3, 0.4) is 0 Å². The van der Waals surface area contributed by atoms with E-state index in [1.807, 2.05) is 0 Å². The van der Waals surface area contributed by atoms with Crippen LogP contribution in [0.4, 0.5) is 13.2 Å². The fourth-order valence-corrected chi connectivity index (χ4v) is 3.82. The van der Waals surface area contributed by atoms with Crippen molar-refractivity contribution in [3.63, 3.8) is 0 Å². The van der Waals surface area contributed by atoms with E-state index in [1.165, 1.54) is 31.5 Å². The summed E-state index contributed by atoms with van der Waals surface area (Å²) in [6.07, 6.45) is 0.390. The van der Waals surface area contributed by atoms with Gasteiger partial charge in [-0.1, -0.05) is 12.1 Å². The summed E-state index contributed by atoms with van der Waals surface area (Å²) < 4.78 is 37.9. The van der Waals surface area contributed by atoms with Gasteiger partial charge in [0.1, 0.15) is 0 Å². The molecule has 0 amide bonds. The van der Waals surface area contributed by atoms with Gasteiger partial charge in [-0.3, -0.25) is 0 Å². The van der Waals surface area contributed by atoms with E-state index >= 15 is 0 Å². The first kappa shape index (κ1) is 19.5. The van der Waals surface area contributed by atoms with Gasteiger partial charge in [0.15, 0.2) is 0 Å². The normalized spacial score (nSPS) is 21.5. The number of halogens is 4. The van der Waals surface area contributed by atoms with Crippen LogP contribution in [0.2, 0.25) is 0 Å². The molecule has 0 aromatic heterocycles. The average Bonchev–Trinajstić information content (AvgIpc) is 2.56. The van der Waals surface area contributed by atoms with Crippen LogP contribution in [0, 0.1) is 5.92 Å². The van der Waals surface area contributed by atoms with E-state index in [4.69, 9.17) is 0 Å². The van der Waals surface area contributed by atoms with Crippen molar-refractivity contribution in [3.8, 4) is 0 Å². The third-order valence-corrected chi connectivity index (χ3v) is 5.27. The van der Waals surface area contributed by atoms with Crippen LogP contribution >= 0.6 is 12.4 Å². The topological polar surface area (TPSA) is 15.3 Å². The summed E-state index contributed by atoms with van der Waals surface area (Å²) in [7, 11) is 0. The number of hydrogen-bond donors (Lipinski definition) is 1. The number of nitrogens with one attached hydrogen (secondary N) is 1.